The predicted octanol–water partition coefficient (Wildman–Crippen LogP) is 4.44. The molecule has 0 amide bonds. The van der Waals surface area contributed by atoms with Crippen LogP contribution in [0.1, 0.15) is 5.56 Å². The summed E-state index contributed by atoms with van der Waals surface area (Å²) in [6.07, 6.45) is 0. The van der Waals surface area contributed by atoms with E-state index in [4.69, 9.17) is 11.6 Å². The molecule has 3 rings (SSSR count). The SMILES string of the molecule is CNc1nc(-c2ccc(F)c(C)c2)nc2ccc(Cl)cc12. The van der Waals surface area contributed by atoms with Crippen molar-refractivity contribution in [2.24, 2.45) is 0 Å². The molecular weight excluding hydrogens is 289 g/mol. The molecule has 0 unspecified atom stereocenters. The van der Waals surface area contributed by atoms with Crippen molar-refractivity contribution in [3.8, 4) is 11.4 Å². The lowest BCUT2D eigenvalue weighted by atomic mass is 10.1. The van der Waals surface area contributed by atoms with Crippen molar-refractivity contribution >= 4 is 28.3 Å². The lowest BCUT2D eigenvalue weighted by molar-refractivity contribution is 0.618. The van der Waals surface area contributed by atoms with Gasteiger partial charge in [0.05, 0.1) is 5.52 Å². The van der Waals surface area contributed by atoms with Crippen LogP contribution in [0, 0.1) is 12.7 Å². The van der Waals surface area contributed by atoms with Crippen molar-refractivity contribution in [3.63, 3.8) is 0 Å². The fraction of sp³-hybridized carbons (Fsp3) is 0.125. The summed E-state index contributed by atoms with van der Waals surface area (Å²) in [5.74, 6) is 1.01. The lowest BCUT2D eigenvalue weighted by Gasteiger charge is -2.09. The summed E-state index contributed by atoms with van der Waals surface area (Å²) in [4.78, 5) is 9.03. The summed E-state index contributed by atoms with van der Waals surface area (Å²) in [5.41, 5.74) is 2.14. The Balaban J connectivity index is 2.23. The standard InChI is InChI=1S/C16H13ClFN3/c1-9-7-10(3-5-13(9)18)15-20-14-6-4-11(17)8-12(14)16(19-2)21-15/h3-8H,1-2H3,(H,19,20,21). The van der Waals surface area contributed by atoms with E-state index in [1.54, 1.807) is 32.2 Å². The number of benzene rings is 2. The smallest absolute Gasteiger partial charge is 0.162 e. The minimum Gasteiger partial charge on any atom is -0.373 e. The summed E-state index contributed by atoms with van der Waals surface area (Å²) in [6.45, 7) is 1.72. The predicted molar refractivity (Wildman–Crippen MR) is 84.2 cm³/mol. The largest absolute Gasteiger partial charge is 0.373 e. The van der Waals surface area contributed by atoms with Crippen molar-refractivity contribution in [2.75, 3.05) is 12.4 Å². The molecule has 0 fully saturated rings. The monoisotopic (exact) mass is 301 g/mol. The van der Waals surface area contributed by atoms with Crippen LogP contribution in [0.25, 0.3) is 22.3 Å². The maximum Gasteiger partial charge on any atom is 0.162 e. The van der Waals surface area contributed by atoms with Crippen LogP contribution in [-0.4, -0.2) is 17.0 Å². The van der Waals surface area contributed by atoms with E-state index in [2.05, 4.69) is 15.3 Å². The Hall–Kier alpha value is -2.20. The average molecular weight is 302 g/mol. The number of aromatic nitrogens is 2. The van der Waals surface area contributed by atoms with E-state index in [-0.39, 0.29) is 5.82 Å². The number of anilines is 1. The number of aryl methyl sites for hydroxylation is 1. The van der Waals surface area contributed by atoms with Gasteiger partial charge in [-0.25, -0.2) is 14.4 Å². The highest BCUT2D eigenvalue weighted by atomic mass is 35.5. The van der Waals surface area contributed by atoms with Crippen LogP contribution in [0.3, 0.4) is 0 Å². The molecule has 0 atom stereocenters. The first-order chi connectivity index (χ1) is 10.1. The van der Waals surface area contributed by atoms with E-state index in [1.807, 2.05) is 12.1 Å². The van der Waals surface area contributed by atoms with Crippen LogP contribution in [-0.2, 0) is 0 Å². The fourth-order valence-electron chi connectivity index (χ4n) is 2.20. The third-order valence-electron chi connectivity index (χ3n) is 3.31. The highest BCUT2D eigenvalue weighted by Gasteiger charge is 2.10. The van der Waals surface area contributed by atoms with Crippen LogP contribution in [0.4, 0.5) is 10.2 Å². The van der Waals surface area contributed by atoms with Crippen molar-refractivity contribution < 1.29 is 4.39 Å². The Labute approximate surface area is 126 Å². The molecule has 5 heteroatoms. The van der Waals surface area contributed by atoms with Crippen LogP contribution in [0.15, 0.2) is 36.4 Å². The highest BCUT2D eigenvalue weighted by molar-refractivity contribution is 6.31. The van der Waals surface area contributed by atoms with Crippen LogP contribution in [0.2, 0.25) is 5.02 Å². The lowest BCUT2D eigenvalue weighted by Crippen LogP contribution is -1.99. The first-order valence-corrected chi connectivity index (χ1v) is 6.88. The second-order valence-electron chi connectivity index (χ2n) is 4.77. The van der Waals surface area contributed by atoms with Gasteiger partial charge in [0.25, 0.3) is 0 Å². The van der Waals surface area contributed by atoms with Gasteiger partial charge in [0, 0.05) is 23.0 Å². The van der Waals surface area contributed by atoms with Gasteiger partial charge in [0.1, 0.15) is 11.6 Å². The van der Waals surface area contributed by atoms with E-state index in [0.717, 1.165) is 16.5 Å². The number of hydrogen-bond acceptors (Lipinski definition) is 3. The molecule has 21 heavy (non-hydrogen) atoms. The third-order valence-corrected chi connectivity index (χ3v) is 3.55. The van der Waals surface area contributed by atoms with Crippen molar-refractivity contribution in [3.05, 3.63) is 52.8 Å². The van der Waals surface area contributed by atoms with E-state index < -0.39 is 0 Å². The maximum absolute atomic E-state index is 13.4. The van der Waals surface area contributed by atoms with E-state index in [9.17, 15) is 4.39 Å². The van der Waals surface area contributed by atoms with Crippen molar-refractivity contribution in [2.45, 2.75) is 6.92 Å². The summed E-state index contributed by atoms with van der Waals surface area (Å²) < 4.78 is 13.4. The quantitative estimate of drug-likeness (QED) is 0.760. The van der Waals surface area contributed by atoms with Gasteiger partial charge in [-0.1, -0.05) is 11.6 Å². The molecule has 0 spiro atoms. The summed E-state index contributed by atoms with van der Waals surface area (Å²) in [5, 5.41) is 4.54. The minimum absolute atomic E-state index is 0.236. The molecular formula is C16H13ClFN3. The molecule has 0 saturated carbocycles. The van der Waals surface area contributed by atoms with Gasteiger partial charge in [-0.3, -0.25) is 0 Å². The Morgan fingerprint density at radius 2 is 1.90 bits per heavy atom. The summed E-state index contributed by atoms with van der Waals surface area (Å²) in [6, 6.07) is 10.3. The Bertz CT molecular complexity index is 833. The zero-order chi connectivity index (χ0) is 15.0. The molecule has 3 nitrogen and oxygen atoms in total. The number of hydrogen-bond donors (Lipinski definition) is 1. The van der Waals surface area contributed by atoms with Crippen LogP contribution < -0.4 is 5.32 Å². The van der Waals surface area contributed by atoms with Gasteiger partial charge in [-0.15, -0.1) is 0 Å². The number of nitrogens with one attached hydrogen (secondary N) is 1. The van der Waals surface area contributed by atoms with Gasteiger partial charge < -0.3 is 5.32 Å². The van der Waals surface area contributed by atoms with Gasteiger partial charge >= 0.3 is 0 Å². The van der Waals surface area contributed by atoms with Gasteiger partial charge in [0.2, 0.25) is 0 Å². The molecule has 1 aromatic heterocycles. The van der Waals surface area contributed by atoms with E-state index in [0.29, 0.717) is 22.2 Å². The Morgan fingerprint density at radius 3 is 2.62 bits per heavy atom. The van der Waals surface area contributed by atoms with E-state index >= 15 is 0 Å². The molecule has 2 aromatic carbocycles. The second kappa shape index (κ2) is 5.30. The molecule has 0 aliphatic carbocycles. The number of rotatable bonds is 2. The summed E-state index contributed by atoms with van der Waals surface area (Å²) >= 11 is 6.02. The fourth-order valence-corrected chi connectivity index (χ4v) is 2.38. The third kappa shape index (κ3) is 2.54. The molecule has 0 saturated heterocycles. The average Bonchev–Trinajstić information content (AvgIpc) is 2.49. The molecule has 0 aliphatic heterocycles. The molecule has 0 bridgehead atoms. The normalized spacial score (nSPS) is 10.9. The molecule has 0 aliphatic rings. The van der Waals surface area contributed by atoms with Crippen LogP contribution >= 0.6 is 11.6 Å². The van der Waals surface area contributed by atoms with Gasteiger partial charge in [0.15, 0.2) is 5.82 Å². The Kier molecular flexibility index (Phi) is 3.47. The second-order valence-corrected chi connectivity index (χ2v) is 5.21. The maximum atomic E-state index is 13.4. The summed E-state index contributed by atoms with van der Waals surface area (Å²) in [7, 11) is 1.79. The first kappa shape index (κ1) is 13.8. The van der Waals surface area contributed by atoms with Crippen molar-refractivity contribution in [1.82, 2.24) is 9.97 Å². The number of halogens is 2. The molecule has 106 valence electrons. The molecule has 3 aromatic rings. The topological polar surface area (TPSA) is 37.8 Å². The zero-order valence-electron chi connectivity index (χ0n) is 11.6. The highest BCUT2D eigenvalue weighted by Crippen LogP contribution is 2.27. The van der Waals surface area contributed by atoms with Gasteiger partial charge in [-0.2, -0.15) is 0 Å². The zero-order valence-corrected chi connectivity index (χ0v) is 12.4. The van der Waals surface area contributed by atoms with Crippen LogP contribution in [0.5, 0.6) is 0 Å². The van der Waals surface area contributed by atoms with E-state index in [1.165, 1.54) is 6.07 Å². The number of fused-ring (bicyclic) bond motifs is 1. The first-order valence-electron chi connectivity index (χ1n) is 6.50. The van der Waals surface area contributed by atoms with Crippen molar-refractivity contribution in [1.29, 1.82) is 0 Å². The minimum atomic E-state index is -0.236. The molecule has 0 radical (unpaired) electrons. The Morgan fingerprint density at radius 1 is 1.10 bits per heavy atom. The molecule has 1 heterocycles. The molecule has 1 N–H and O–H groups in total. The number of nitrogens with zero attached hydrogens (tertiary/aromatic N) is 2. The van der Waals surface area contributed by atoms with Gasteiger partial charge in [-0.05, 0) is 48.9 Å².